The van der Waals surface area contributed by atoms with Crippen molar-refractivity contribution in [2.24, 2.45) is 0 Å². The lowest BCUT2D eigenvalue weighted by molar-refractivity contribution is 0.0695. The number of aromatic nitrogens is 3. The molecule has 1 saturated heterocycles. The minimum absolute atomic E-state index is 0.127. The van der Waals surface area contributed by atoms with E-state index in [9.17, 15) is 9.00 Å². The van der Waals surface area contributed by atoms with Crippen LogP contribution >= 0.6 is 0 Å². The number of ether oxygens (including phenoxy) is 1. The highest BCUT2D eigenvalue weighted by Gasteiger charge is 2.24. The number of hydrogen-bond acceptors (Lipinski definition) is 7. The summed E-state index contributed by atoms with van der Waals surface area (Å²) >= 11 is 0. The molecule has 0 aliphatic carbocycles. The number of amides is 1. The fraction of sp³-hybridized carbons (Fsp3) is 0.273. The zero-order valence-electron chi connectivity index (χ0n) is 17.9. The maximum absolute atomic E-state index is 12.7. The van der Waals surface area contributed by atoms with Crippen LogP contribution < -0.4 is 10.1 Å². The highest BCUT2D eigenvalue weighted by Crippen LogP contribution is 2.22. The molecular weight excluding hydrogens is 428 g/mol. The van der Waals surface area contributed by atoms with Crippen molar-refractivity contribution in [2.75, 3.05) is 44.9 Å². The highest BCUT2D eigenvalue weighted by atomic mass is 32.2. The molecule has 2 aromatic heterocycles. The third-order valence-electron chi connectivity index (χ3n) is 5.20. The summed E-state index contributed by atoms with van der Waals surface area (Å²) in [6.07, 6.45) is 6.73. The van der Waals surface area contributed by atoms with Gasteiger partial charge in [-0.25, -0.2) is 23.5 Å². The van der Waals surface area contributed by atoms with Crippen molar-refractivity contribution in [1.29, 1.82) is 0 Å². The standard InChI is InChI=1S/C22H24N6O3S/c1-31-19-6-3-16(4-7-19)17-13-24-22(25-14-17)26-18-5-8-20(23-15-18)21(29)27-9-11-28(12-10-27)32(2)30/h3-8,13-15H,9-12H2,1-2H3,(H,24,25,26). The smallest absolute Gasteiger partial charge is 0.272 e. The van der Waals surface area contributed by atoms with E-state index >= 15 is 0 Å². The normalized spacial score (nSPS) is 15.2. The fourth-order valence-electron chi connectivity index (χ4n) is 3.36. The van der Waals surface area contributed by atoms with E-state index in [1.165, 1.54) is 0 Å². The molecule has 0 bridgehead atoms. The molecule has 1 N–H and O–H groups in total. The van der Waals surface area contributed by atoms with E-state index in [2.05, 4.69) is 20.3 Å². The third kappa shape index (κ3) is 5.09. The fourth-order valence-corrected chi connectivity index (χ4v) is 4.04. The Labute approximate surface area is 189 Å². The quantitative estimate of drug-likeness (QED) is 0.613. The van der Waals surface area contributed by atoms with Gasteiger partial charge >= 0.3 is 0 Å². The minimum Gasteiger partial charge on any atom is -0.497 e. The Balaban J connectivity index is 1.36. The third-order valence-corrected chi connectivity index (χ3v) is 6.30. The Morgan fingerprint density at radius 3 is 2.19 bits per heavy atom. The second-order valence-electron chi connectivity index (χ2n) is 7.23. The van der Waals surface area contributed by atoms with Gasteiger partial charge in [0, 0.05) is 50.4 Å². The molecule has 0 saturated carbocycles. The van der Waals surface area contributed by atoms with Crippen LogP contribution in [0.5, 0.6) is 5.75 Å². The summed E-state index contributed by atoms with van der Waals surface area (Å²) in [5, 5.41) is 3.09. The number of carbonyl (C=O) groups excluding carboxylic acids is 1. The molecule has 1 aromatic carbocycles. The molecule has 166 valence electrons. The molecule has 1 fully saturated rings. The highest BCUT2D eigenvalue weighted by molar-refractivity contribution is 7.81. The van der Waals surface area contributed by atoms with Crippen molar-refractivity contribution < 1.29 is 13.7 Å². The molecule has 3 aromatic rings. The lowest BCUT2D eigenvalue weighted by Crippen LogP contribution is -2.49. The van der Waals surface area contributed by atoms with Crippen molar-refractivity contribution in [2.45, 2.75) is 0 Å². The van der Waals surface area contributed by atoms with E-state index in [-0.39, 0.29) is 5.91 Å². The molecule has 3 heterocycles. The number of anilines is 2. The van der Waals surface area contributed by atoms with E-state index in [0.29, 0.717) is 43.5 Å². The minimum atomic E-state index is -1.01. The summed E-state index contributed by atoms with van der Waals surface area (Å²) < 4.78 is 18.6. The Bertz CT molecular complexity index is 1080. The number of methoxy groups -OCH3 is 1. The van der Waals surface area contributed by atoms with Crippen molar-refractivity contribution in [3.05, 3.63) is 60.7 Å². The van der Waals surface area contributed by atoms with Crippen molar-refractivity contribution in [1.82, 2.24) is 24.2 Å². The molecule has 1 atom stereocenters. The second-order valence-corrected chi connectivity index (χ2v) is 8.59. The maximum Gasteiger partial charge on any atom is 0.272 e. The van der Waals surface area contributed by atoms with Gasteiger partial charge in [-0.3, -0.25) is 4.79 Å². The summed E-state index contributed by atoms with van der Waals surface area (Å²) in [4.78, 5) is 27.4. The van der Waals surface area contributed by atoms with Crippen LogP contribution in [0.3, 0.4) is 0 Å². The summed E-state index contributed by atoms with van der Waals surface area (Å²) in [7, 11) is 0.626. The van der Waals surface area contributed by atoms with E-state index in [4.69, 9.17) is 4.74 Å². The summed E-state index contributed by atoms with van der Waals surface area (Å²) in [5.74, 6) is 1.10. The molecule has 1 unspecified atom stereocenters. The molecule has 4 rings (SSSR count). The van der Waals surface area contributed by atoms with Gasteiger partial charge in [0.2, 0.25) is 5.95 Å². The Morgan fingerprint density at radius 1 is 0.938 bits per heavy atom. The average Bonchev–Trinajstić information content (AvgIpc) is 2.85. The van der Waals surface area contributed by atoms with E-state index in [0.717, 1.165) is 16.9 Å². The number of hydrogen-bond donors (Lipinski definition) is 1. The number of piperazine rings is 1. The van der Waals surface area contributed by atoms with Gasteiger partial charge in [-0.1, -0.05) is 12.1 Å². The molecule has 32 heavy (non-hydrogen) atoms. The van der Waals surface area contributed by atoms with Gasteiger partial charge in [-0.2, -0.15) is 0 Å². The van der Waals surface area contributed by atoms with Crippen LogP contribution in [-0.2, 0) is 11.0 Å². The van der Waals surface area contributed by atoms with Crippen LogP contribution in [0.1, 0.15) is 10.5 Å². The number of benzene rings is 1. The maximum atomic E-state index is 12.7. The van der Waals surface area contributed by atoms with Gasteiger partial charge < -0.3 is 15.0 Å². The topological polar surface area (TPSA) is 101 Å². The lowest BCUT2D eigenvalue weighted by Gasteiger charge is -2.32. The zero-order valence-corrected chi connectivity index (χ0v) is 18.7. The molecular formula is C22H24N6O3S. The first-order chi connectivity index (χ1) is 15.5. The van der Waals surface area contributed by atoms with Crippen LogP contribution in [0.25, 0.3) is 11.1 Å². The van der Waals surface area contributed by atoms with Crippen LogP contribution in [0, 0.1) is 0 Å². The summed E-state index contributed by atoms with van der Waals surface area (Å²) in [5.41, 5.74) is 2.94. The van der Waals surface area contributed by atoms with Crippen LogP contribution in [-0.4, -0.2) is 73.8 Å². The largest absolute Gasteiger partial charge is 0.497 e. The average molecular weight is 453 g/mol. The zero-order chi connectivity index (χ0) is 22.5. The number of rotatable bonds is 6. The number of nitrogens with zero attached hydrogens (tertiary/aromatic N) is 5. The van der Waals surface area contributed by atoms with E-state index in [1.54, 1.807) is 49.0 Å². The first-order valence-electron chi connectivity index (χ1n) is 10.1. The lowest BCUT2D eigenvalue weighted by atomic mass is 10.1. The summed E-state index contributed by atoms with van der Waals surface area (Å²) in [6.45, 7) is 2.26. The first-order valence-corrected chi connectivity index (χ1v) is 11.6. The Kier molecular flexibility index (Phi) is 6.72. The molecule has 0 radical (unpaired) electrons. The SMILES string of the molecule is COc1ccc(-c2cnc(Nc3ccc(C(=O)N4CCN(S(C)=O)CC4)nc3)nc2)cc1. The van der Waals surface area contributed by atoms with E-state index < -0.39 is 11.0 Å². The van der Waals surface area contributed by atoms with Crippen molar-refractivity contribution in [3.8, 4) is 16.9 Å². The predicted molar refractivity (Wildman–Crippen MR) is 123 cm³/mol. The predicted octanol–water partition coefficient (Wildman–Crippen LogP) is 2.34. The molecule has 1 aliphatic rings. The van der Waals surface area contributed by atoms with Gasteiger partial charge in [-0.15, -0.1) is 0 Å². The van der Waals surface area contributed by atoms with Gasteiger partial charge in [0.05, 0.1) is 30.0 Å². The van der Waals surface area contributed by atoms with Crippen molar-refractivity contribution in [3.63, 3.8) is 0 Å². The van der Waals surface area contributed by atoms with Gasteiger partial charge in [0.1, 0.15) is 11.4 Å². The monoisotopic (exact) mass is 452 g/mol. The molecule has 1 amide bonds. The van der Waals surface area contributed by atoms with Gasteiger partial charge in [-0.05, 0) is 29.8 Å². The van der Waals surface area contributed by atoms with Crippen LogP contribution in [0.2, 0.25) is 0 Å². The van der Waals surface area contributed by atoms with Crippen LogP contribution in [0.15, 0.2) is 55.0 Å². The molecule has 0 spiro atoms. The summed E-state index contributed by atoms with van der Waals surface area (Å²) in [6, 6.07) is 11.1. The van der Waals surface area contributed by atoms with Crippen LogP contribution in [0.4, 0.5) is 11.6 Å². The Morgan fingerprint density at radius 2 is 1.62 bits per heavy atom. The Hall–Kier alpha value is -3.37. The number of carbonyl (C=O) groups is 1. The second kappa shape index (κ2) is 9.84. The van der Waals surface area contributed by atoms with E-state index in [1.807, 2.05) is 28.6 Å². The molecule has 10 heteroatoms. The van der Waals surface area contributed by atoms with Crippen molar-refractivity contribution >= 4 is 28.5 Å². The van der Waals surface area contributed by atoms with Gasteiger partial charge in [0.15, 0.2) is 0 Å². The number of nitrogens with one attached hydrogen (secondary N) is 1. The molecule has 1 aliphatic heterocycles. The molecule has 9 nitrogen and oxygen atoms in total. The van der Waals surface area contributed by atoms with Gasteiger partial charge in [0.25, 0.3) is 5.91 Å². The number of pyridine rings is 1. The first kappa shape index (κ1) is 21.8.